The molecule has 1 rings (SSSR count). The van der Waals surface area contributed by atoms with Crippen molar-refractivity contribution in [3.63, 3.8) is 0 Å². The lowest BCUT2D eigenvalue weighted by molar-refractivity contribution is 0.0161. The number of rotatable bonds is 3. The Labute approximate surface area is 85.2 Å². The molecule has 0 saturated carbocycles. The first-order valence-corrected chi connectivity index (χ1v) is 4.99. The molecule has 0 heterocycles. The van der Waals surface area contributed by atoms with Crippen LogP contribution in [0.3, 0.4) is 0 Å². The molecule has 0 amide bonds. The smallest absolute Gasteiger partial charge is 0.105 e. The fourth-order valence-electron chi connectivity index (χ4n) is 1.59. The number of aliphatic hydroxyl groups is 2. The van der Waals surface area contributed by atoms with Crippen LogP contribution in [0, 0.1) is 13.8 Å². The first-order valence-electron chi connectivity index (χ1n) is 4.99. The van der Waals surface area contributed by atoms with Crippen LogP contribution in [0.2, 0.25) is 0 Å². The first-order chi connectivity index (χ1) is 6.56. The van der Waals surface area contributed by atoms with Gasteiger partial charge in [-0.2, -0.15) is 0 Å². The molecular formula is C12H18O2. The molecule has 1 aromatic carbocycles. The average Bonchev–Trinajstić information content (AvgIpc) is 2.15. The molecule has 0 radical (unpaired) electrons. The Balaban J connectivity index is 2.95. The Hall–Kier alpha value is -0.860. The minimum Gasteiger partial charge on any atom is -0.390 e. The van der Waals surface area contributed by atoms with Crippen molar-refractivity contribution in [1.82, 2.24) is 0 Å². The van der Waals surface area contributed by atoms with E-state index in [1.165, 1.54) is 5.56 Å². The lowest BCUT2D eigenvalue weighted by Crippen LogP contribution is -2.17. The Morgan fingerprint density at radius 1 is 1.21 bits per heavy atom. The molecule has 0 unspecified atom stereocenters. The fraction of sp³-hybridized carbons (Fsp3) is 0.500. The van der Waals surface area contributed by atoms with Crippen LogP contribution < -0.4 is 0 Å². The number of aryl methyl sites for hydroxylation is 2. The summed E-state index contributed by atoms with van der Waals surface area (Å²) in [5, 5.41) is 19.3. The van der Waals surface area contributed by atoms with Gasteiger partial charge in [-0.05, 0) is 31.4 Å². The zero-order chi connectivity index (χ0) is 10.7. The first kappa shape index (κ1) is 11.2. The van der Waals surface area contributed by atoms with E-state index >= 15 is 0 Å². The topological polar surface area (TPSA) is 40.5 Å². The summed E-state index contributed by atoms with van der Waals surface area (Å²) in [6.07, 6.45) is -0.869. The lowest BCUT2D eigenvalue weighted by Gasteiger charge is -2.18. The fourth-order valence-corrected chi connectivity index (χ4v) is 1.59. The van der Waals surface area contributed by atoms with E-state index in [0.29, 0.717) is 6.42 Å². The number of hydrogen-bond donors (Lipinski definition) is 2. The number of aliphatic hydroxyl groups excluding tert-OH is 2. The van der Waals surface area contributed by atoms with Crippen molar-refractivity contribution in [2.24, 2.45) is 0 Å². The Morgan fingerprint density at radius 2 is 1.86 bits per heavy atom. The molecule has 0 fully saturated rings. The standard InChI is InChI=1S/C12H18O2/c1-4-11(13)12(14)10-6-5-8(2)7-9(10)3/h5-7,11-14H,4H2,1-3H3/t11-,12-/m1/s1. The quantitative estimate of drug-likeness (QED) is 0.773. The molecular weight excluding hydrogens is 176 g/mol. The number of benzene rings is 1. The SMILES string of the molecule is CC[C@@H](O)[C@H](O)c1ccc(C)cc1C. The summed E-state index contributed by atoms with van der Waals surface area (Å²) in [4.78, 5) is 0. The maximum Gasteiger partial charge on any atom is 0.105 e. The Morgan fingerprint density at radius 3 is 2.36 bits per heavy atom. The van der Waals surface area contributed by atoms with E-state index in [1.807, 2.05) is 39.0 Å². The van der Waals surface area contributed by atoms with Gasteiger partial charge in [-0.3, -0.25) is 0 Å². The van der Waals surface area contributed by atoms with Crippen LogP contribution in [-0.4, -0.2) is 16.3 Å². The second-order valence-electron chi connectivity index (χ2n) is 3.78. The largest absolute Gasteiger partial charge is 0.390 e. The van der Waals surface area contributed by atoms with Gasteiger partial charge < -0.3 is 10.2 Å². The van der Waals surface area contributed by atoms with Crippen LogP contribution in [0.25, 0.3) is 0 Å². The van der Waals surface area contributed by atoms with Crippen molar-refractivity contribution in [2.45, 2.75) is 39.4 Å². The molecule has 0 aliphatic heterocycles. The molecule has 0 aliphatic carbocycles. The van der Waals surface area contributed by atoms with E-state index in [2.05, 4.69) is 0 Å². The van der Waals surface area contributed by atoms with Crippen LogP contribution in [0.4, 0.5) is 0 Å². The molecule has 0 bridgehead atoms. The number of hydrogen-bond acceptors (Lipinski definition) is 2. The van der Waals surface area contributed by atoms with Crippen molar-refractivity contribution < 1.29 is 10.2 Å². The monoisotopic (exact) mass is 194 g/mol. The van der Waals surface area contributed by atoms with Gasteiger partial charge in [0, 0.05) is 0 Å². The molecule has 2 N–H and O–H groups in total. The van der Waals surface area contributed by atoms with Crippen LogP contribution >= 0.6 is 0 Å². The molecule has 2 heteroatoms. The molecule has 14 heavy (non-hydrogen) atoms. The van der Waals surface area contributed by atoms with E-state index in [0.717, 1.165) is 11.1 Å². The minimum atomic E-state index is -0.763. The molecule has 0 spiro atoms. The summed E-state index contributed by atoms with van der Waals surface area (Å²) < 4.78 is 0. The van der Waals surface area contributed by atoms with Crippen LogP contribution in [0.1, 0.15) is 36.1 Å². The van der Waals surface area contributed by atoms with Gasteiger partial charge in [-0.15, -0.1) is 0 Å². The van der Waals surface area contributed by atoms with Gasteiger partial charge in [0.1, 0.15) is 6.10 Å². The van der Waals surface area contributed by atoms with E-state index in [4.69, 9.17) is 0 Å². The van der Waals surface area contributed by atoms with Crippen molar-refractivity contribution in [3.8, 4) is 0 Å². The maximum atomic E-state index is 9.81. The summed E-state index contributed by atoms with van der Waals surface area (Å²) in [7, 11) is 0. The van der Waals surface area contributed by atoms with Gasteiger partial charge in [-0.25, -0.2) is 0 Å². The molecule has 2 atom stereocenters. The molecule has 0 aliphatic rings. The van der Waals surface area contributed by atoms with E-state index in [9.17, 15) is 10.2 Å². The second-order valence-corrected chi connectivity index (χ2v) is 3.78. The Bertz CT molecular complexity index is 307. The van der Waals surface area contributed by atoms with Crippen LogP contribution in [-0.2, 0) is 0 Å². The highest BCUT2D eigenvalue weighted by atomic mass is 16.3. The predicted molar refractivity (Wildman–Crippen MR) is 57.2 cm³/mol. The highest BCUT2D eigenvalue weighted by Crippen LogP contribution is 2.22. The molecule has 0 saturated heterocycles. The van der Waals surface area contributed by atoms with Gasteiger partial charge in [0.05, 0.1) is 6.10 Å². The van der Waals surface area contributed by atoms with E-state index in [1.54, 1.807) is 0 Å². The van der Waals surface area contributed by atoms with Crippen molar-refractivity contribution in [2.75, 3.05) is 0 Å². The van der Waals surface area contributed by atoms with Crippen LogP contribution in [0.5, 0.6) is 0 Å². The van der Waals surface area contributed by atoms with Crippen LogP contribution in [0.15, 0.2) is 18.2 Å². The van der Waals surface area contributed by atoms with E-state index < -0.39 is 12.2 Å². The van der Waals surface area contributed by atoms with Gasteiger partial charge in [0.25, 0.3) is 0 Å². The van der Waals surface area contributed by atoms with Gasteiger partial charge in [0.2, 0.25) is 0 Å². The van der Waals surface area contributed by atoms with E-state index in [-0.39, 0.29) is 0 Å². The lowest BCUT2D eigenvalue weighted by atomic mass is 9.97. The zero-order valence-corrected chi connectivity index (χ0v) is 8.99. The molecule has 2 nitrogen and oxygen atoms in total. The van der Waals surface area contributed by atoms with Crippen molar-refractivity contribution >= 4 is 0 Å². The summed E-state index contributed by atoms with van der Waals surface area (Å²) in [6, 6.07) is 5.85. The summed E-state index contributed by atoms with van der Waals surface area (Å²) in [6.45, 7) is 5.82. The summed E-state index contributed by atoms with van der Waals surface area (Å²) in [5.41, 5.74) is 3.03. The normalized spacial score (nSPS) is 15.2. The Kier molecular flexibility index (Phi) is 3.67. The maximum absolute atomic E-state index is 9.81. The van der Waals surface area contributed by atoms with Crippen molar-refractivity contribution in [3.05, 3.63) is 34.9 Å². The predicted octanol–water partition coefficient (Wildman–Crippen LogP) is 2.11. The third-order valence-electron chi connectivity index (χ3n) is 2.53. The van der Waals surface area contributed by atoms with Gasteiger partial charge in [0.15, 0.2) is 0 Å². The summed E-state index contributed by atoms with van der Waals surface area (Å²) in [5.74, 6) is 0. The highest BCUT2D eigenvalue weighted by Gasteiger charge is 2.17. The molecule has 78 valence electrons. The molecule has 1 aromatic rings. The molecule has 0 aromatic heterocycles. The zero-order valence-electron chi connectivity index (χ0n) is 8.99. The third kappa shape index (κ3) is 2.34. The van der Waals surface area contributed by atoms with Crippen molar-refractivity contribution in [1.29, 1.82) is 0 Å². The highest BCUT2D eigenvalue weighted by molar-refractivity contribution is 5.32. The van der Waals surface area contributed by atoms with Gasteiger partial charge in [-0.1, -0.05) is 30.7 Å². The minimum absolute atomic E-state index is 0.564. The van der Waals surface area contributed by atoms with Gasteiger partial charge >= 0.3 is 0 Å². The second kappa shape index (κ2) is 4.58. The summed E-state index contributed by atoms with van der Waals surface area (Å²) >= 11 is 0. The third-order valence-corrected chi connectivity index (χ3v) is 2.53. The average molecular weight is 194 g/mol.